The van der Waals surface area contributed by atoms with Crippen LogP contribution in [0.25, 0.3) is 0 Å². The third-order valence-electron chi connectivity index (χ3n) is 3.58. The fourth-order valence-electron chi connectivity index (χ4n) is 2.56. The minimum absolute atomic E-state index is 0.779. The minimum Gasteiger partial charge on any atom is -0.350 e. The molecular weight excluding hydrogens is 240 g/mol. The predicted octanol–water partition coefficient (Wildman–Crippen LogP) is 0.566. The van der Waals surface area contributed by atoms with Crippen molar-refractivity contribution in [2.24, 2.45) is 10.2 Å². The summed E-state index contributed by atoms with van der Waals surface area (Å²) in [6.45, 7) is 1.90. The molecule has 0 saturated heterocycles. The van der Waals surface area contributed by atoms with Gasteiger partial charge in [-0.25, -0.2) is 5.53 Å². The van der Waals surface area contributed by atoms with Crippen LogP contribution in [0.5, 0.6) is 0 Å². The van der Waals surface area contributed by atoms with Gasteiger partial charge in [0.1, 0.15) is 0 Å². The van der Waals surface area contributed by atoms with E-state index in [-0.39, 0.29) is 0 Å². The lowest BCUT2D eigenvalue weighted by atomic mass is 10.00. The molecule has 3 aliphatic heterocycles. The van der Waals surface area contributed by atoms with Crippen molar-refractivity contribution in [1.29, 1.82) is 0 Å². The second-order valence-corrected chi connectivity index (χ2v) is 4.74. The van der Waals surface area contributed by atoms with Gasteiger partial charge in [-0.05, 0) is 29.7 Å². The highest BCUT2D eigenvalue weighted by atomic mass is 15.9. The zero-order valence-corrected chi connectivity index (χ0v) is 10.4. The van der Waals surface area contributed by atoms with Gasteiger partial charge in [0.25, 0.3) is 0 Å². The Morgan fingerprint density at radius 1 is 1.05 bits per heavy atom. The zero-order valence-electron chi connectivity index (χ0n) is 10.4. The topological polar surface area (TPSA) is 55.3 Å². The summed E-state index contributed by atoms with van der Waals surface area (Å²) >= 11 is 0. The Morgan fingerprint density at radius 3 is 2.84 bits per heavy atom. The van der Waals surface area contributed by atoms with Crippen molar-refractivity contribution in [2.45, 2.75) is 13.0 Å². The van der Waals surface area contributed by atoms with E-state index in [2.05, 4.69) is 50.4 Å². The summed E-state index contributed by atoms with van der Waals surface area (Å²) in [6, 6.07) is 8.60. The van der Waals surface area contributed by atoms with E-state index in [0.717, 1.165) is 31.2 Å². The maximum Gasteiger partial charge on any atom is 0.189 e. The molecule has 6 heteroatoms. The Balaban J connectivity index is 1.59. The van der Waals surface area contributed by atoms with Crippen LogP contribution in [0.15, 0.2) is 46.6 Å². The van der Waals surface area contributed by atoms with Crippen molar-refractivity contribution in [3.05, 3.63) is 47.5 Å². The monoisotopic (exact) mass is 254 g/mol. The first kappa shape index (κ1) is 10.6. The van der Waals surface area contributed by atoms with Crippen LogP contribution in [0.2, 0.25) is 0 Å². The highest BCUT2D eigenvalue weighted by molar-refractivity contribution is 6.05. The van der Waals surface area contributed by atoms with E-state index in [9.17, 15) is 0 Å². The largest absolute Gasteiger partial charge is 0.350 e. The van der Waals surface area contributed by atoms with Crippen molar-refractivity contribution < 1.29 is 0 Å². The van der Waals surface area contributed by atoms with Crippen LogP contribution < -0.4 is 11.1 Å². The molecule has 0 aliphatic carbocycles. The molecule has 0 aromatic heterocycles. The number of hydrogen-bond acceptors (Lipinski definition) is 6. The molecule has 0 radical (unpaired) electrons. The first-order valence-corrected chi connectivity index (χ1v) is 6.37. The normalized spacial score (nSPS) is 20.4. The molecule has 0 saturated carbocycles. The molecular formula is C13H14N6. The number of benzene rings is 1. The first-order valence-electron chi connectivity index (χ1n) is 6.37. The quantitative estimate of drug-likeness (QED) is 0.710. The van der Waals surface area contributed by atoms with Crippen LogP contribution in [-0.2, 0) is 13.0 Å². The molecule has 19 heavy (non-hydrogen) atoms. The van der Waals surface area contributed by atoms with Gasteiger partial charge in [0.2, 0.25) is 0 Å². The van der Waals surface area contributed by atoms with Gasteiger partial charge in [0.05, 0.1) is 0 Å². The highest BCUT2D eigenvalue weighted by Gasteiger charge is 2.23. The number of nitrogens with zero attached hydrogens (tertiary/aromatic N) is 4. The number of fused-ring (bicyclic) bond motifs is 2. The lowest BCUT2D eigenvalue weighted by Crippen LogP contribution is -2.43. The average Bonchev–Trinajstić information content (AvgIpc) is 2.94. The molecule has 0 spiro atoms. The zero-order chi connectivity index (χ0) is 12.7. The highest BCUT2D eigenvalue weighted by Crippen LogP contribution is 2.20. The number of nitrogens with one attached hydrogen (secondary N) is 2. The summed E-state index contributed by atoms with van der Waals surface area (Å²) in [6.07, 6.45) is 5.03. The fourth-order valence-corrected chi connectivity index (χ4v) is 2.56. The Morgan fingerprint density at radius 2 is 1.89 bits per heavy atom. The number of amidine groups is 2. The van der Waals surface area contributed by atoms with Crippen molar-refractivity contribution >= 4 is 11.7 Å². The molecule has 2 N–H and O–H groups in total. The van der Waals surface area contributed by atoms with E-state index < -0.39 is 0 Å². The Hall–Kier alpha value is -2.34. The Labute approximate surface area is 111 Å². The minimum atomic E-state index is 0.779. The molecule has 0 bridgehead atoms. The molecule has 0 amide bonds. The molecule has 0 unspecified atom stereocenters. The maximum atomic E-state index is 4.53. The molecule has 1 aromatic rings. The molecule has 0 atom stereocenters. The Bertz CT molecular complexity index is 603. The van der Waals surface area contributed by atoms with Gasteiger partial charge in [-0.2, -0.15) is 5.12 Å². The van der Waals surface area contributed by atoms with E-state index >= 15 is 0 Å². The number of rotatable bonds is 0. The third-order valence-corrected chi connectivity index (χ3v) is 3.58. The van der Waals surface area contributed by atoms with Gasteiger partial charge in [-0.3, -0.25) is 0 Å². The summed E-state index contributed by atoms with van der Waals surface area (Å²) in [5.74, 6) is 1.74. The second kappa shape index (κ2) is 4.10. The van der Waals surface area contributed by atoms with Gasteiger partial charge in [0, 0.05) is 13.1 Å². The van der Waals surface area contributed by atoms with E-state index in [1.807, 2.05) is 12.2 Å². The molecule has 6 nitrogen and oxygen atoms in total. The molecule has 4 rings (SSSR count). The summed E-state index contributed by atoms with van der Waals surface area (Å²) < 4.78 is 0. The van der Waals surface area contributed by atoms with Crippen molar-refractivity contribution in [1.82, 2.24) is 21.1 Å². The van der Waals surface area contributed by atoms with Gasteiger partial charge >= 0.3 is 0 Å². The van der Waals surface area contributed by atoms with Crippen LogP contribution in [0.4, 0.5) is 0 Å². The van der Waals surface area contributed by atoms with E-state index in [1.54, 1.807) is 5.12 Å². The van der Waals surface area contributed by atoms with Gasteiger partial charge in [-0.1, -0.05) is 24.3 Å². The SMILES string of the molecule is C1=CC2=NNNN2N=C1N1CCc2ccccc2C1. The Kier molecular flexibility index (Phi) is 2.28. The van der Waals surface area contributed by atoms with Crippen LogP contribution >= 0.6 is 0 Å². The van der Waals surface area contributed by atoms with Crippen LogP contribution in [0, 0.1) is 0 Å². The van der Waals surface area contributed by atoms with Crippen LogP contribution in [-0.4, -0.2) is 28.2 Å². The summed E-state index contributed by atoms with van der Waals surface area (Å²) in [5.41, 5.74) is 8.38. The lowest BCUT2D eigenvalue weighted by Gasteiger charge is -2.31. The second-order valence-electron chi connectivity index (χ2n) is 4.74. The van der Waals surface area contributed by atoms with Crippen molar-refractivity contribution in [3.63, 3.8) is 0 Å². The first-order chi connectivity index (χ1) is 9.40. The van der Waals surface area contributed by atoms with Crippen LogP contribution in [0.3, 0.4) is 0 Å². The average molecular weight is 254 g/mol. The molecule has 3 heterocycles. The molecule has 96 valence electrons. The van der Waals surface area contributed by atoms with Gasteiger partial charge in [0.15, 0.2) is 11.7 Å². The summed E-state index contributed by atoms with van der Waals surface area (Å²) in [4.78, 5) is 2.29. The molecule has 3 aliphatic rings. The fraction of sp³-hybridized carbons (Fsp3) is 0.231. The number of hydrogen-bond donors (Lipinski definition) is 2. The van der Waals surface area contributed by atoms with E-state index in [0.29, 0.717) is 0 Å². The van der Waals surface area contributed by atoms with Crippen LogP contribution in [0.1, 0.15) is 11.1 Å². The van der Waals surface area contributed by atoms with E-state index in [1.165, 1.54) is 11.1 Å². The van der Waals surface area contributed by atoms with Crippen molar-refractivity contribution in [2.75, 3.05) is 6.54 Å². The predicted molar refractivity (Wildman–Crippen MR) is 72.7 cm³/mol. The number of hydrazone groups is 2. The molecule has 1 aromatic carbocycles. The van der Waals surface area contributed by atoms with Gasteiger partial charge < -0.3 is 4.90 Å². The van der Waals surface area contributed by atoms with Crippen molar-refractivity contribution in [3.8, 4) is 0 Å². The standard InChI is InChI=1S/C13H14N6/c1-2-4-11-9-18(8-7-10(11)3-1)13-6-5-12-14-16-17-19(12)15-13/h1-6,16-17H,7-9H2. The van der Waals surface area contributed by atoms with Gasteiger partial charge in [-0.15, -0.1) is 15.7 Å². The summed E-state index contributed by atoms with van der Waals surface area (Å²) in [7, 11) is 0. The third kappa shape index (κ3) is 1.77. The lowest BCUT2D eigenvalue weighted by molar-refractivity contribution is 0.295. The summed E-state index contributed by atoms with van der Waals surface area (Å²) in [5, 5.41) is 10.2. The van der Waals surface area contributed by atoms with E-state index in [4.69, 9.17) is 0 Å². The molecule has 0 fully saturated rings. The maximum absolute atomic E-state index is 4.53. The smallest absolute Gasteiger partial charge is 0.189 e. The number of hydrazine groups is 2.